The number of nitrogens with zero attached hydrogens (tertiary/aromatic N) is 1. The minimum Gasteiger partial charge on any atom is -0.383 e. The van der Waals surface area contributed by atoms with Crippen molar-refractivity contribution in [3.63, 3.8) is 0 Å². The van der Waals surface area contributed by atoms with Gasteiger partial charge in [0.2, 0.25) is 0 Å². The van der Waals surface area contributed by atoms with Crippen LogP contribution in [0.3, 0.4) is 0 Å². The van der Waals surface area contributed by atoms with Gasteiger partial charge in [0.25, 0.3) is 0 Å². The van der Waals surface area contributed by atoms with Gasteiger partial charge in [-0.15, -0.1) is 0 Å². The van der Waals surface area contributed by atoms with Crippen LogP contribution in [-0.2, 0) is 11.3 Å². The van der Waals surface area contributed by atoms with Crippen molar-refractivity contribution in [2.75, 3.05) is 26.8 Å². The fourth-order valence-electron chi connectivity index (χ4n) is 2.80. The highest BCUT2D eigenvalue weighted by atomic mass is 16.5. The summed E-state index contributed by atoms with van der Waals surface area (Å²) in [4.78, 5) is 2.55. The summed E-state index contributed by atoms with van der Waals surface area (Å²) in [6.45, 7) is 6.45. The molecule has 0 bridgehead atoms. The molecule has 1 heterocycles. The van der Waals surface area contributed by atoms with Gasteiger partial charge in [-0.25, -0.2) is 0 Å². The first-order chi connectivity index (χ1) is 9.28. The van der Waals surface area contributed by atoms with Crippen LogP contribution >= 0.6 is 0 Å². The fraction of sp³-hybridized carbons (Fsp3) is 0.625. The monoisotopic (exact) mass is 262 g/mol. The molecule has 1 aromatic rings. The minimum atomic E-state index is 0.454. The molecule has 1 N–H and O–H groups in total. The molecule has 0 spiro atoms. The van der Waals surface area contributed by atoms with Crippen molar-refractivity contribution in [3.8, 4) is 0 Å². The van der Waals surface area contributed by atoms with Crippen LogP contribution in [0.25, 0.3) is 0 Å². The first-order valence-electron chi connectivity index (χ1n) is 7.29. The van der Waals surface area contributed by atoms with Crippen molar-refractivity contribution in [3.05, 3.63) is 35.9 Å². The average Bonchev–Trinajstić information content (AvgIpc) is 2.42. The minimum absolute atomic E-state index is 0.454. The van der Waals surface area contributed by atoms with Gasteiger partial charge >= 0.3 is 0 Å². The summed E-state index contributed by atoms with van der Waals surface area (Å²) in [6.07, 6.45) is 2.47. The lowest BCUT2D eigenvalue weighted by atomic mass is 10.0. The Balaban J connectivity index is 1.70. The Morgan fingerprint density at radius 3 is 2.58 bits per heavy atom. The summed E-state index contributed by atoms with van der Waals surface area (Å²) in [5, 5.41) is 3.65. The van der Waals surface area contributed by atoms with Gasteiger partial charge in [0.1, 0.15) is 0 Å². The maximum atomic E-state index is 5.17. The van der Waals surface area contributed by atoms with Gasteiger partial charge in [0.05, 0.1) is 6.61 Å². The average molecular weight is 262 g/mol. The zero-order chi connectivity index (χ0) is 13.5. The van der Waals surface area contributed by atoms with Crippen LogP contribution in [0.4, 0.5) is 0 Å². The predicted molar refractivity (Wildman–Crippen MR) is 79.2 cm³/mol. The Bertz CT molecular complexity index is 347. The number of likely N-dealkylation sites (tertiary alicyclic amines) is 1. The molecule has 1 aliphatic rings. The molecule has 1 saturated heterocycles. The summed E-state index contributed by atoms with van der Waals surface area (Å²) in [6, 6.07) is 11.9. The molecule has 1 aliphatic heterocycles. The van der Waals surface area contributed by atoms with E-state index in [-0.39, 0.29) is 0 Å². The second-order valence-corrected chi connectivity index (χ2v) is 5.56. The smallest absolute Gasteiger partial charge is 0.0613 e. The van der Waals surface area contributed by atoms with Crippen LogP contribution in [-0.4, -0.2) is 43.8 Å². The number of rotatable bonds is 6. The third-order valence-electron chi connectivity index (χ3n) is 3.77. The number of nitrogens with one attached hydrogen (secondary N) is 1. The molecule has 106 valence electrons. The maximum Gasteiger partial charge on any atom is 0.0613 e. The largest absolute Gasteiger partial charge is 0.383 e. The first-order valence-corrected chi connectivity index (χ1v) is 7.29. The number of methoxy groups -OCH3 is 1. The van der Waals surface area contributed by atoms with E-state index in [1.54, 1.807) is 7.11 Å². The summed E-state index contributed by atoms with van der Waals surface area (Å²) in [5.74, 6) is 0. The molecule has 0 amide bonds. The highest BCUT2D eigenvalue weighted by Gasteiger charge is 2.20. The molecule has 1 aromatic carbocycles. The predicted octanol–water partition coefficient (Wildman–Crippen LogP) is 2.28. The van der Waals surface area contributed by atoms with Crippen LogP contribution in [0.1, 0.15) is 25.3 Å². The number of benzene rings is 1. The molecule has 2 rings (SSSR count). The molecule has 1 atom stereocenters. The normalized spacial score (nSPS) is 19.5. The van der Waals surface area contributed by atoms with Gasteiger partial charge < -0.3 is 10.1 Å². The molecule has 0 radical (unpaired) electrons. The van der Waals surface area contributed by atoms with Gasteiger partial charge in [-0.05, 0) is 38.4 Å². The highest BCUT2D eigenvalue weighted by molar-refractivity contribution is 5.14. The summed E-state index contributed by atoms with van der Waals surface area (Å²) in [5.41, 5.74) is 1.42. The Hall–Kier alpha value is -0.900. The number of hydrogen-bond acceptors (Lipinski definition) is 3. The SMILES string of the molecule is COC[C@@H](C)NC1CCN(Cc2ccccc2)CC1. The standard InChI is InChI=1S/C16H26N2O/c1-14(13-19-2)17-16-8-10-18(11-9-16)12-15-6-4-3-5-7-15/h3-7,14,16-17H,8-13H2,1-2H3/t14-/m1/s1. The van der Waals surface area contributed by atoms with Crippen molar-refractivity contribution in [1.29, 1.82) is 0 Å². The van der Waals surface area contributed by atoms with Crippen molar-refractivity contribution >= 4 is 0 Å². The van der Waals surface area contributed by atoms with E-state index < -0.39 is 0 Å². The Kier molecular flexibility index (Phi) is 5.83. The Morgan fingerprint density at radius 1 is 1.26 bits per heavy atom. The quantitative estimate of drug-likeness (QED) is 0.851. The van der Waals surface area contributed by atoms with E-state index in [9.17, 15) is 0 Å². The van der Waals surface area contributed by atoms with E-state index in [2.05, 4.69) is 47.5 Å². The van der Waals surface area contributed by atoms with Crippen molar-refractivity contribution in [2.45, 2.75) is 38.4 Å². The lowest BCUT2D eigenvalue weighted by Crippen LogP contribution is -2.46. The molecule has 0 unspecified atom stereocenters. The Morgan fingerprint density at radius 2 is 1.95 bits per heavy atom. The third kappa shape index (κ3) is 4.94. The maximum absolute atomic E-state index is 5.17. The summed E-state index contributed by atoms with van der Waals surface area (Å²) >= 11 is 0. The van der Waals surface area contributed by atoms with E-state index in [1.165, 1.54) is 31.5 Å². The zero-order valence-corrected chi connectivity index (χ0v) is 12.1. The first kappa shape index (κ1) is 14.5. The molecule has 0 saturated carbocycles. The topological polar surface area (TPSA) is 24.5 Å². The summed E-state index contributed by atoms with van der Waals surface area (Å²) < 4.78 is 5.17. The zero-order valence-electron chi connectivity index (χ0n) is 12.1. The van der Waals surface area contributed by atoms with Crippen LogP contribution < -0.4 is 5.32 Å². The van der Waals surface area contributed by atoms with E-state index in [1.807, 2.05) is 0 Å². The van der Waals surface area contributed by atoms with Crippen LogP contribution in [0, 0.1) is 0 Å². The molecule has 3 nitrogen and oxygen atoms in total. The number of piperidine rings is 1. The molecular weight excluding hydrogens is 236 g/mol. The van der Waals surface area contributed by atoms with Crippen LogP contribution in [0.2, 0.25) is 0 Å². The van der Waals surface area contributed by atoms with Gasteiger partial charge in [-0.1, -0.05) is 30.3 Å². The lowest BCUT2D eigenvalue weighted by Gasteiger charge is -2.33. The molecule has 0 aromatic heterocycles. The molecule has 3 heteroatoms. The van der Waals surface area contributed by atoms with Gasteiger partial charge in [-0.2, -0.15) is 0 Å². The van der Waals surface area contributed by atoms with Crippen LogP contribution in [0.5, 0.6) is 0 Å². The van der Waals surface area contributed by atoms with Crippen LogP contribution in [0.15, 0.2) is 30.3 Å². The summed E-state index contributed by atoms with van der Waals surface area (Å²) in [7, 11) is 1.76. The van der Waals surface area contributed by atoms with E-state index in [0.717, 1.165) is 13.2 Å². The fourth-order valence-corrected chi connectivity index (χ4v) is 2.80. The van der Waals surface area contributed by atoms with Crippen molar-refractivity contribution in [1.82, 2.24) is 10.2 Å². The Labute approximate surface area is 116 Å². The van der Waals surface area contributed by atoms with Gasteiger partial charge in [0, 0.05) is 25.7 Å². The van der Waals surface area contributed by atoms with Crippen molar-refractivity contribution < 1.29 is 4.74 Å². The van der Waals surface area contributed by atoms with Crippen molar-refractivity contribution in [2.24, 2.45) is 0 Å². The second kappa shape index (κ2) is 7.63. The number of ether oxygens (including phenoxy) is 1. The number of hydrogen-bond donors (Lipinski definition) is 1. The molecule has 1 fully saturated rings. The van der Waals surface area contributed by atoms with E-state index in [4.69, 9.17) is 4.74 Å². The van der Waals surface area contributed by atoms with E-state index in [0.29, 0.717) is 12.1 Å². The van der Waals surface area contributed by atoms with E-state index >= 15 is 0 Å². The molecular formula is C16H26N2O. The van der Waals surface area contributed by atoms with Gasteiger partial charge in [-0.3, -0.25) is 4.90 Å². The highest BCUT2D eigenvalue weighted by Crippen LogP contribution is 2.14. The third-order valence-corrected chi connectivity index (χ3v) is 3.77. The molecule has 19 heavy (non-hydrogen) atoms. The second-order valence-electron chi connectivity index (χ2n) is 5.56. The van der Waals surface area contributed by atoms with Gasteiger partial charge in [0.15, 0.2) is 0 Å². The molecule has 0 aliphatic carbocycles. The lowest BCUT2D eigenvalue weighted by molar-refractivity contribution is 0.145.